The molecule has 0 bridgehead atoms. The lowest BCUT2D eigenvalue weighted by molar-refractivity contribution is 0.429. The zero-order valence-electron chi connectivity index (χ0n) is 12.4. The van der Waals surface area contributed by atoms with Gasteiger partial charge in [0.15, 0.2) is 0 Å². The molecule has 2 aromatic rings. The van der Waals surface area contributed by atoms with Crippen molar-refractivity contribution in [2.24, 2.45) is 0 Å². The van der Waals surface area contributed by atoms with Gasteiger partial charge in [0.05, 0.1) is 0 Å². The van der Waals surface area contributed by atoms with E-state index in [0.29, 0.717) is 6.04 Å². The van der Waals surface area contributed by atoms with Crippen LogP contribution in [0.25, 0.3) is 11.0 Å². The van der Waals surface area contributed by atoms with Crippen LogP contribution < -0.4 is 5.32 Å². The van der Waals surface area contributed by atoms with Crippen LogP contribution >= 0.6 is 0 Å². The van der Waals surface area contributed by atoms with Crippen molar-refractivity contribution in [1.29, 1.82) is 0 Å². The molecule has 0 saturated carbocycles. The summed E-state index contributed by atoms with van der Waals surface area (Å²) in [5, 5.41) is 4.44. The first-order chi connectivity index (χ1) is 9.72. The van der Waals surface area contributed by atoms with Crippen LogP contribution in [0.2, 0.25) is 0 Å². The molecule has 110 valence electrons. The van der Waals surface area contributed by atoms with Crippen molar-refractivity contribution in [3.8, 4) is 0 Å². The molecule has 1 aromatic carbocycles. The zero-order chi connectivity index (χ0) is 14.4. The summed E-state index contributed by atoms with van der Waals surface area (Å²) in [6.07, 6.45) is 5.50. The maximum Gasteiger partial charge on any atom is 0.134 e. The van der Waals surface area contributed by atoms with Crippen LogP contribution in [-0.2, 0) is 6.42 Å². The van der Waals surface area contributed by atoms with Gasteiger partial charge in [0.1, 0.15) is 17.2 Å². The van der Waals surface area contributed by atoms with E-state index in [1.165, 1.54) is 25.0 Å². The van der Waals surface area contributed by atoms with E-state index in [1.807, 2.05) is 6.07 Å². The Bertz CT molecular complexity index is 535. The van der Waals surface area contributed by atoms with Crippen molar-refractivity contribution < 1.29 is 8.81 Å². The van der Waals surface area contributed by atoms with E-state index in [1.54, 1.807) is 6.07 Å². The van der Waals surface area contributed by atoms with E-state index < -0.39 is 0 Å². The lowest BCUT2D eigenvalue weighted by atomic mass is 10.0. The van der Waals surface area contributed by atoms with Crippen LogP contribution in [0.15, 0.2) is 28.7 Å². The number of fused-ring (bicyclic) bond motifs is 1. The maximum atomic E-state index is 13.1. The number of nitrogens with one attached hydrogen (secondary N) is 1. The summed E-state index contributed by atoms with van der Waals surface area (Å²) in [5.74, 6) is 0.739. The van der Waals surface area contributed by atoms with Gasteiger partial charge in [0.25, 0.3) is 0 Å². The van der Waals surface area contributed by atoms with Gasteiger partial charge in [-0.15, -0.1) is 0 Å². The quantitative estimate of drug-likeness (QED) is 0.758. The number of rotatable bonds is 8. The molecule has 0 aliphatic rings. The predicted molar refractivity (Wildman–Crippen MR) is 81.5 cm³/mol. The van der Waals surface area contributed by atoms with E-state index in [0.717, 1.165) is 42.5 Å². The molecule has 1 heterocycles. The number of hydrogen-bond acceptors (Lipinski definition) is 2. The third kappa shape index (κ3) is 4.07. The molecule has 0 saturated heterocycles. The molecule has 0 spiro atoms. The SMILES string of the molecule is CCCNC(CCC)CCc1cc2cc(F)ccc2o1. The van der Waals surface area contributed by atoms with Crippen LogP contribution in [0, 0.1) is 5.82 Å². The first-order valence-corrected chi connectivity index (χ1v) is 7.64. The van der Waals surface area contributed by atoms with Gasteiger partial charge in [-0.2, -0.15) is 0 Å². The van der Waals surface area contributed by atoms with Crippen molar-refractivity contribution in [3.05, 3.63) is 35.8 Å². The Labute approximate surface area is 120 Å². The number of furan rings is 1. The molecule has 1 N–H and O–H groups in total. The Hall–Kier alpha value is -1.35. The fraction of sp³-hybridized carbons (Fsp3) is 0.529. The molecule has 2 nitrogen and oxygen atoms in total. The molecule has 0 radical (unpaired) electrons. The van der Waals surface area contributed by atoms with E-state index >= 15 is 0 Å². The van der Waals surface area contributed by atoms with Gasteiger partial charge in [-0.05, 0) is 50.1 Å². The molecule has 0 amide bonds. The summed E-state index contributed by atoms with van der Waals surface area (Å²) in [4.78, 5) is 0. The lowest BCUT2D eigenvalue weighted by Gasteiger charge is -2.16. The molecule has 2 rings (SSSR count). The van der Waals surface area contributed by atoms with Crippen molar-refractivity contribution in [2.45, 2.75) is 52.0 Å². The highest BCUT2D eigenvalue weighted by Gasteiger charge is 2.10. The van der Waals surface area contributed by atoms with E-state index in [2.05, 4.69) is 19.2 Å². The second-order valence-electron chi connectivity index (χ2n) is 5.37. The van der Waals surface area contributed by atoms with Crippen LogP contribution in [0.3, 0.4) is 0 Å². The molecular weight excluding hydrogens is 253 g/mol. The molecule has 1 aromatic heterocycles. The third-order valence-electron chi connectivity index (χ3n) is 3.59. The fourth-order valence-corrected chi connectivity index (χ4v) is 2.55. The second kappa shape index (κ2) is 7.44. The van der Waals surface area contributed by atoms with Gasteiger partial charge in [-0.25, -0.2) is 4.39 Å². The zero-order valence-corrected chi connectivity index (χ0v) is 12.4. The topological polar surface area (TPSA) is 25.2 Å². The van der Waals surface area contributed by atoms with Crippen LogP contribution in [0.5, 0.6) is 0 Å². The number of benzene rings is 1. The van der Waals surface area contributed by atoms with Crippen molar-refractivity contribution >= 4 is 11.0 Å². The fourth-order valence-electron chi connectivity index (χ4n) is 2.55. The lowest BCUT2D eigenvalue weighted by Crippen LogP contribution is -2.30. The second-order valence-corrected chi connectivity index (χ2v) is 5.37. The number of aryl methyl sites for hydroxylation is 1. The van der Waals surface area contributed by atoms with Crippen molar-refractivity contribution in [3.63, 3.8) is 0 Å². The number of hydrogen-bond donors (Lipinski definition) is 1. The highest BCUT2D eigenvalue weighted by Crippen LogP contribution is 2.22. The average Bonchev–Trinajstić information content (AvgIpc) is 2.83. The van der Waals surface area contributed by atoms with Gasteiger partial charge in [0.2, 0.25) is 0 Å². The smallest absolute Gasteiger partial charge is 0.134 e. The van der Waals surface area contributed by atoms with Crippen LogP contribution in [-0.4, -0.2) is 12.6 Å². The Morgan fingerprint density at radius 2 is 2.00 bits per heavy atom. The summed E-state index contributed by atoms with van der Waals surface area (Å²) in [7, 11) is 0. The van der Waals surface area contributed by atoms with Crippen LogP contribution in [0.1, 0.15) is 45.3 Å². The van der Waals surface area contributed by atoms with Gasteiger partial charge in [-0.1, -0.05) is 20.3 Å². The van der Waals surface area contributed by atoms with Crippen molar-refractivity contribution in [1.82, 2.24) is 5.32 Å². The molecule has 1 atom stereocenters. The third-order valence-corrected chi connectivity index (χ3v) is 3.59. The molecule has 0 aliphatic heterocycles. The summed E-state index contributed by atoms with van der Waals surface area (Å²) in [6, 6.07) is 7.18. The summed E-state index contributed by atoms with van der Waals surface area (Å²) in [6.45, 7) is 5.46. The average molecular weight is 277 g/mol. The van der Waals surface area contributed by atoms with Crippen molar-refractivity contribution in [2.75, 3.05) is 6.54 Å². The maximum absolute atomic E-state index is 13.1. The summed E-state index contributed by atoms with van der Waals surface area (Å²) in [5.41, 5.74) is 0.773. The Kier molecular flexibility index (Phi) is 5.60. The molecule has 1 unspecified atom stereocenters. The highest BCUT2D eigenvalue weighted by molar-refractivity contribution is 5.77. The molecule has 0 aliphatic carbocycles. The van der Waals surface area contributed by atoms with E-state index in [4.69, 9.17) is 4.42 Å². The van der Waals surface area contributed by atoms with Gasteiger partial charge in [-0.3, -0.25) is 0 Å². The Balaban J connectivity index is 1.96. The molecule has 0 fully saturated rings. The van der Waals surface area contributed by atoms with E-state index in [9.17, 15) is 4.39 Å². The molecule has 20 heavy (non-hydrogen) atoms. The summed E-state index contributed by atoms with van der Waals surface area (Å²) < 4.78 is 18.9. The minimum atomic E-state index is -0.210. The first kappa shape index (κ1) is 15.0. The van der Waals surface area contributed by atoms with E-state index in [-0.39, 0.29) is 5.82 Å². The van der Waals surface area contributed by atoms with Gasteiger partial charge >= 0.3 is 0 Å². The minimum absolute atomic E-state index is 0.210. The molecular formula is C17H24FNO. The monoisotopic (exact) mass is 277 g/mol. The minimum Gasteiger partial charge on any atom is -0.461 e. The largest absolute Gasteiger partial charge is 0.461 e. The highest BCUT2D eigenvalue weighted by atomic mass is 19.1. The number of halogens is 1. The van der Waals surface area contributed by atoms with Gasteiger partial charge in [0, 0.05) is 17.8 Å². The first-order valence-electron chi connectivity index (χ1n) is 7.64. The predicted octanol–water partition coefficient (Wildman–Crippen LogP) is 4.67. The standard InChI is InChI=1S/C17H24FNO/c1-3-5-15(19-10-4-2)7-8-16-12-13-11-14(18)6-9-17(13)20-16/h6,9,11-12,15,19H,3-5,7-8,10H2,1-2H3. The molecule has 3 heteroatoms. The van der Waals surface area contributed by atoms with Crippen LogP contribution in [0.4, 0.5) is 4.39 Å². The normalized spacial score (nSPS) is 12.9. The Morgan fingerprint density at radius 3 is 2.75 bits per heavy atom. The summed E-state index contributed by atoms with van der Waals surface area (Å²) >= 11 is 0. The Morgan fingerprint density at radius 1 is 1.15 bits per heavy atom. The van der Waals surface area contributed by atoms with Gasteiger partial charge < -0.3 is 9.73 Å².